The minimum Gasteiger partial charge on any atom is -0.373 e. The number of allylic oxidation sites excluding steroid dienone is 1. The molecule has 0 aliphatic rings. The van der Waals surface area contributed by atoms with Crippen molar-refractivity contribution >= 4 is 6.08 Å². The molecule has 0 fully saturated rings. The molecule has 84 valence electrons. The quantitative estimate of drug-likeness (QED) is 0.439. The molecule has 0 heterocycles. The Kier molecular flexibility index (Phi) is 5.24. The molecule has 1 rings (SSSR count). The molecule has 3 heteroatoms. The first-order valence-electron chi connectivity index (χ1n) is 5.09. The van der Waals surface area contributed by atoms with Gasteiger partial charge in [0.2, 0.25) is 0 Å². The Labute approximate surface area is 101 Å². The van der Waals surface area contributed by atoms with Crippen molar-refractivity contribution in [3.8, 4) is 12.1 Å². The van der Waals surface area contributed by atoms with Gasteiger partial charge in [0.1, 0.15) is 17.7 Å². The van der Waals surface area contributed by atoms with E-state index in [0.717, 1.165) is 11.1 Å². The molecular weight excluding hydrogens is 212 g/mol. The minimum absolute atomic E-state index is 0.0918. The van der Waals surface area contributed by atoms with Crippen LogP contribution in [0.4, 0.5) is 0 Å². The van der Waals surface area contributed by atoms with Crippen molar-refractivity contribution in [3.63, 3.8) is 0 Å². The topological polar surface area (TPSA) is 56.8 Å². The van der Waals surface area contributed by atoms with E-state index in [1.165, 1.54) is 0 Å². The van der Waals surface area contributed by atoms with Crippen LogP contribution in [-0.4, -0.2) is 6.61 Å². The molecule has 17 heavy (non-hydrogen) atoms. The summed E-state index contributed by atoms with van der Waals surface area (Å²) in [6, 6.07) is 11.2. The number of nitriles is 2. The average Bonchev–Trinajstić information content (AvgIpc) is 2.37. The fourth-order valence-corrected chi connectivity index (χ4v) is 1.29. The molecule has 0 radical (unpaired) electrons. The largest absolute Gasteiger partial charge is 0.373 e. The second-order valence-electron chi connectivity index (χ2n) is 3.33. The number of ether oxygens (including phenoxy) is 1. The van der Waals surface area contributed by atoms with E-state index in [0.29, 0.717) is 13.2 Å². The number of hydrogen-bond acceptors (Lipinski definition) is 3. The molecule has 0 bridgehead atoms. The summed E-state index contributed by atoms with van der Waals surface area (Å²) in [7, 11) is 0. The van der Waals surface area contributed by atoms with E-state index >= 15 is 0 Å². The molecule has 1 aromatic rings. The van der Waals surface area contributed by atoms with Gasteiger partial charge in [0.05, 0.1) is 13.2 Å². The van der Waals surface area contributed by atoms with Gasteiger partial charge < -0.3 is 4.74 Å². The van der Waals surface area contributed by atoms with Crippen LogP contribution in [0.5, 0.6) is 0 Å². The molecule has 0 N–H and O–H groups in total. The van der Waals surface area contributed by atoms with Crippen molar-refractivity contribution in [3.05, 3.63) is 53.6 Å². The van der Waals surface area contributed by atoms with E-state index in [2.05, 4.69) is 6.58 Å². The predicted octanol–water partition coefficient (Wildman–Crippen LogP) is 2.82. The third kappa shape index (κ3) is 4.34. The molecule has 3 nitrogen and oxygen atoms in total. The highest BCUT2D eigenvalue weighted by Crippen LogP contribution is 2.10. The lowest BCUT2D eigenvalue weighted by atomic mass is 10.1. The number of rotatable bonds is 5. The summed E-state index contributed by atoms with van der Waals surface area (Å²) in [5.41, 5.74) is 1.91. The summed E-state index contributed by atoms with van der Waals surface area (Å²) in [5, 5.41) is 17.3. The predicted molar refractivity (Wildman–Crippen MR) is 65.5 cm³/mol. The molecule has 0 saturated carbocycles. The van der Waals surface area contributed by atoms with Crippen LogP contribution in [0.1, 0.15) is 11.1 Å². The van der Waals surface area contributed by atoms with Gasteiger partial charge in [0.15, 0.2) is 0 Å². The first-order valence-corrected chi connectivity index (χ1v) is 5.09. The zero-order valence-corrected chi connectivity index (χ0v) is 9.39. The highest BCUT2D eigenvalue weighted by atomic mass is 16.5. The standard InChI is InChI=1S/C14H12N2O/c1-2-6-17-11-13-5-3-4-12(7-13)8-14(9-15)10-16/h2-5,7-8H,1,6,11H2. The lowest BCUT2D eigenvalue weighted by Gasteiger charge is -2.02. The van der Waals surface area contributed by atoms with Crippen LogP contribution in [0, 0.1) is 22.7 Å². The van der Waals surface area contributed by atoms with Crippen LogP contribution in [0.2, 0.25) is 0 Å². The molecule has 1 aromatic carbocycles. The van der Waals surface area contributed by atoms with Crippen molar-refractivity contribution in [2.45, 2.75) is 6.61 Å². The monoisotopic (exact) mass is 224 g/mol. The van der Waals surface area contributed by atoms with Gasteiger partial charge in [-0.1, -0.05) is 24.3 Å². The third-order valence-corrected chi connectivity index (χ3v) is 2.01. The zero-order valence-electron chi connectivity index (χ0n) is 9.39. The van der Waals surface area contributed by atoms with E-state index in [1.807, 2.05) is 36.4 Å². The highest BCUT2D eigenvalue weighted by molar-refractivity contribution is 5.62. The fraction of sp³-hybridized carbons (Fsp3) is 0.143. The van der Waals surface area contributed by atoms with E-state index in [4.69, 9.17) is 15.3 Å². The SMILES string of the molecule is C=CCOCc1cccc(C=C(C#N)C#N)c1. The zero-order chi connectivity index (χ0) is 12.5. The molecule has 0 atom stereocenters. The van der Waals surface area contributed by atoms with Crippen LogP contribution in [0.25, 0.3) is 6.08 Å². The van der Waals surface area contributed by atoms with Crippen LogP contribution < -0.4 is 0 Å². The molecule has 0 aliphatic heterocycles. The summed E-state index contributed by atoms with van der Waals surface area (Å²) in [6.45, 7) is 4.55. The maximum absolute atomic E-state index is 8.65. The normalized spacial score (nSPS) is 8.82. The highest BCUT2D eigenvalue weighted by Gasteiger charge is 1.96. The molecule has 0 spiro atoms. The minimum atomic E-state index is 0.0918. The van der Waals surface area contributed by atoms with Crippen molar-refractivity contribution < 1.29 is 4.74 Å². The molecule has 0 unspecified atom stereocenters. The number of hydrogen-bond donors (Lipinski definition) is 0. The van der Waals surface area contributed by atoms with Crippen molar-refractivity contribution in [1.29, 1.82) is 10.5 Å². The first kappa shape index (κ1) is 12.7. The van der Waals surface area contributed by atoms with Crippen molar-refractivity contribution in [1.82, 2.24) is 0 Å². The van der Waals surface area contributed by atoms with Crippen LogP contribution >= 0.6 is 0 Å². The van der Waals surface area contributed by atoms with Gasteiger partial charge in [-0.25, -0.2) is 0 Å². The van der Waals surface area contributed by atoms with Crippen molar-refractivity contribution in [2.75, 3.05) is 6.61 Å². The molecule has 0 amide bonds. The van der Waals surface area contributed by atoms with Gasteiger partial charge in [-0.2, -0.15) is 10.5 Å². The van der Waals surface area contributed by atoms with Gasteiger partial charge in [-0.3, -0.25) is 0 Å². The fourth-order valence-electron chi connectivity index (χ4n) is 1.29. The number of benzene rings is 1. The second kappa shape index (κ2) is 7.00. The summed E-state index contributed by atoms with van der Waals surface area (Å²) < 4.78 is 5.31. The lowest BCUT2D eigenvalue weighted by molar-refractivity contribution is 0.149. The van der Waals surface area contributed by atoms with Crippen LogP contribution in [0.3, 0.4) is 0 Å². The Balaban J connectivity index is 2.80. The lowest BCUT2D eigenvalue weighted by Crippen LogP contribution is -1.92. The van der Waals surface area contributed by atoms with Gasteiger partial charge in [-0.05, 0) is 23.3 Å². The molecule has 0 aliphatic carbocycles. The Morgan fingerprint density at radius 1 is 1.35 bits per heavy atom. The summed E-state index contributed by atoms with van der Waals surface area (Å²) in [4.78, 5) is 0. The van der Waals surface area contributed by atoms with Gasteiger partial charge in [0.25, 0.3) is 0 Å². The Morgan fingerprint density at radius 2 is 2.12 bits per heavy atom. The van der Waals surface area contributed by atoms with Crippen LogP contribution in [-0.2, 0) is 11.3 Å². The summed E-state index contributed by atoms with van der Waals surface area (Å²) >= 11 is 0. The summed E-state index contributed by atoms with van der Waals surface area (Å²) in [5.74, 6) is 0. The molecular formula is C14H12N2O. The van der Waals surface area contributed by atoms with Gasteiger partial charge in [0, 0.05) is 0 Å². The maximum Gasteiger partial charge on any atom is 0.130 e. The Bertz CT molecular complexity index is 488. The van der Waals surface area contributed by atoms with Crippen molar-refractivity contribution in [2.24, 2.45) is 0 Å². The van der Waals surface area contributed by atoms with E-state index in [-0.39, 0.29) is 5.57 Å². The van der Waals surface area contributed by atoms with E-state index in [9.17, 15) is 0 Å². The average molecular weight is 224 g/mol. The van der Waals surface area contributed by atoms with Gasteiger partial charge in [-0.15, -0.1) is 6.58 Å². The number of nitrogens with zero attached hydrogens (tertiary/aromatic N) is 2. The Hall–Kier alpha value is -2.36. The second-order valence-corrected chi connectivity index (χ2v) is 3.33. The molecule has 0 aromatic heterocycles. The Morgan fingerprint density at radius 3 is 2.76 bits per heavy atom. The van der Waals surface area contributed by atoms with E-state index in [1.54, 1.807) is 12.2 Å². The maximum atomic E-state index is 8.65. The van der Waals surface area contributed by atoms with Crippen LogP contribution in [0.15, 0.2) is 42.5 Å². The molecule has 0 saturated heterocycles. The smallest absolute Gasteiger partial charge is 0.130 e. The summed E-state index contributed by atoms with van der Waals surface area (Å²) in [6.07, 6.45) is 3.24. The first-order chi connectivity index (χ1) is 8.30. The third-order valence-electron chi connectivity index (χ3n) is 2.01. The van der Waals surface area contributed by atoms with E-state index < -0.39 is 0 Å². The van der Waals surface area contributed by atoms with Gasteiger partial charge >= 0.3 is 0 Å².